The molecule has 1 amide bonds. The van der Waals surface area contributed by atoms with Crippen LogP contribution >= 0.6 is 11.3 Å². The quantitative estimate of drug-likeness (QED) is 0.378. The molecule has 0 radical (unpaired) electrons. The van der Waals surface area contributed by atoms with Crippen LogP contribution in [-0.4, -0.2) is 43.9 Å². The van der Waals surface area contributed by atoms with Crippen molar-refractivity contribution in [2.45, 2.75) is 13.5 Å². The molecule has 1 aromatic heterocycles. The number of hydrogen-bond acceptors (Lipinski definition) is 6. The zero-order chi connectivity index (χ0) is 23.4. The van der Waals surface area contributed by atoms with Gasteiger partial charge in [0.1, 0.15) is 5.75 Å². The van der Waals surface area contributed by atoms with Crippen LogP contribution in [0.1, 0.15) is 27.6 Å². The van der Waals surface area contributed by atoms with Crippen LogP contribution in [0.15, 0.2) is 59.6 Å². The lowest BCUT2D eigenvalue weighted by atomic mass is 10.0. The molecule has 4 aromatic rings. The summed E-state index contributed by atoms with van der Waals surface area (Å²) >= 11 is 1.34. The average Bonchev–Trinajstić information content (AvgIpc) is 3.17. The first-order valence-electron chi connectivity index (χ1n) is 10.5. The number of esters is 1. The number of methoxy groups -OCH3 is 2. The van der Waals surface area contributed by atoms with Gasteiger partial charge >= 0.3 is 5.97 Å². The van der Waals surface area contributed by atoms with Crippen molar-refractivity contribution in [3.8, 4) is 5.75 Å². The Labute approximate surface area is 194 Å². The standard InChI is InChI=1S/C25H24N2O5S/c1-4-32-20-12-10-16-7-5-6-8-18(16)22(20)23(28)26-25-27(13-14-30-2)19-11-9-17(24(29)31-3)15-21(19)33-25/h5-12,15H,4,13-14H2,1-3H3. The van der Waals surface area contributed by atoms with Gasteiger partial charge in [-0.1, -0.05) is 41.7 Å². The second kappa shape index (κ2) is 9.97. The lowest BCUT2D eigenvalue weighted by Gasteiger charge is -2.11. The van der Waals surface area contributed by atoms with Crippen molar-refractivity contribution in [2.24, 2.45) is 4.99 Å². The van der Waals surface area contributed by atoms with Gasteiger partial charge in [-0.3, -0.25) is 4.79 Å². The molecule has 170 valence electrons. The van der Waals surface area contributed by atoms with Crippen molar-refractivity contribution in [1.29, 1.82) is 0 Å². The number of thiazole rings is 1. The van der Waals surface area contributed by atoms with Gasteiger partial charge in [-0.15, -0.1) is 0 Å². The second-order valence-corrected chi connectivity index (χ2v) is 8.22. The molecule has 0 bridgehead atoms. The molecule has 0 unspecified atom stereocenters. The number of fused-ring (bicyclic) bond motifs is 2. The van der Waals surface area contributed by atoms with E-state index in [-0.39, 0.29) is 5.91 Å². The summed E-state index contributed by atoms with van der Waals surface area (Å²) in [6.07, 6.45) is 0. The first-order chi connectivity index (χ1) is 16.1. The van der Waals surface area contributed by atoms with Gasteiger partial charge in [-0.2, -0.15) is 4.99 Å². The Morgan fingerprint density at radius 3 is 2.64 bits per heavy atom. The molecule has 0 fully saturated rings. The normalized spacial score (nSPS) is 11.8. The third-order valence-electron chi connectivity index (χ3n) is 5.22. The Balaban J connectivity index is 1.90. The molecule has 33 heavy (non-hydrogen) atoms. The fourth-order valence-corrected chi connectivity index (χ4v) is 4.79. The summed E-state index contributed by atoms with van der Waals surface area (Å²) in [5.41, 5.74) is 1.73. The van der Waals surface area contributed by atoms with Crippen LogP contribution in [-0.2, 0) is 16.0 Å². The summed E-state index contributed by atoms with van der Waals surface area (Å²) in [6, 6.07) is 16.7. The molecule has 4 rings (SSSR count). The van der Waals surface area contributed by atoms with Crippen molar-refractivity contribution >= 4 is 44.2 Å². The maximum Gasteiger partial charge on any atom is 0.337 e. The Hall–Kier alpha value is -3.49. The highest BCUT2D eigenvalue weighted by atomic mass is 32.1. The van der Waals surface area contributed by atoms with Gasteiger partial charge in [0, 0.05) is 13.7 Å². The molecular formula is C25H24N2O5S. The van der Waals surface area contributed by atoms with E-state index < -0.39 is 5.97 Å². The number of hydrogen-bond donors (Lipinski definition) is 0. The Morgan fingerprint density at radius 1 is 1.06 bits per heavy atom. The predicted molar refractivity (Wildman–Crippen MR) is 128 cm³/mol. The highest BCUT2D eigenvalue weighted by Gasteiger charge is 2.18. The third kappa shape index (κ3) is 4.53. The molecule has 0 aliphatic carbocycles. The number of carbonyl (C=O) groups excluding carboxylic acids is 2. The maximum atomic E-state index is 13.5. The van der Waals surface area contributed by atoms with E-state index in [4.69, 9.17) is 14.2 Å². The summed E-state index contributed by atoms with van der Waals surface area (Å²) in [7, 11) is 2.97. The monoisotopic (exact) mass is 464 g/mol. The first-order valence-corrected chi connectivity index (χ1v) is 11.3. The van der Waals surface area contributed by atoms with E-state index in [0.717, 1.165) is 21.0 Å². The van der Waals surface area contributed by atoms with Crippen LogP contribution in [0.3, 0.4) is 0 Å². The minimum absolute atomic E-state index is 0.388. The lowest BCUT2D eigenvalue weighted by Crippen LogP contribution is -2.19. The van der Waals surface area contributed by atoms with Gasteiger partial charge in [-0.05, 0) is 42.0 Å². The predicted octanol–water partition coefficient (Wildman–Crippen LogP) is 4.43. The number of ether oxygens (including phenoxy) is 3. The second-order valence-electron chi connectivity index (χ2n) is 7.21. The minimum atomic E-state index is -0.416. The van der Waals surface area contributed by atoms with E-state index in [1.807, 2.05) is 47.9 Å². The Morgan fingerprint density at radius 2 is 1.88 bits per heavy atom. The third-order valence-corrected chi connectivity index (χ3v) is 6.27. The summed E-state index contributed by atoms with van der Waals surface area (Å²) in [5.74, 6) is -0.302. The van der Waals surface area contributed by atoms with Crippen LogP contribution in [0.5, 0.6) is 5.75 Å². The highest BCUT2D eigenvalue weighted by molar-refractivity contribution is 7.16. The molecule has 0 spiro atoms. The van der Waals surface area contributed by atoms with Gasteiger partial charge in [0.25, 0.3) is 5.91 Å². The number of rotatable bonds is 7. The number of carbonyl (C=O) groups is 2. The van der Waals surface area contributed by atoms with Crippen molar-refractivity contribution in [3.63, 3.8) is 0 Å². The first kappa shape index (κ1) is 22.7. The lowest BCUT2D eigenvalue weighted by molar-refractivity contribution is 0.0600. The van der Waals surface area contributed by atoms with Crippen molar-refractivity contribution < 1.29 is 23.8 Å². The van der Waals surface area contributed by atoms with Crippen LogP contribution < -0.4 is 9.54 Å². The van der Waals surface area contributed by atoms with Gasteiger partial charge in [0.05, 0.1) is 41.7 Å². The van der Waals surface area contributed by atoms with E-state index in [9.17, 15) is 9.59 Å². The summed E-state index contributed by atoms with van der Waals surface area (Å²) < 4.78 is 18.6. The molecule has 0 aliphatic heterocycles. The number of aromatic nitrogens is 1. The highest BCUT2D eigenvalue weighted by Crippen LogP contribution is 2.29. The van der Waals surface area contributed by atoms with Crippen molar-refractivity contribution in [1.82, 2.24) is 4.57 Å². The van der Waals surface area contributed by atoms with Crippen molar-refractivity contribution in [3.05, 3.63) is 70.5 Å². The summed E-state index contributed by atoms with van der Waals surface area (Å²) in [4.78, 5) is 30.5. The van der Waals surface area contributed by atoms with E-state index in [1.54, 1.807) is 25.3 Å². The SMILES string of the molecule is CCOc1ccc2ccccc2c1C(=O)N=c1sc2cc(C(=O)OC)ccc2n1CCOC. The van der Waals surface area contributed by atoms with Crippen LogP contribution in [0, 0.1) is 0 Å². The molecule has 7 nitrogen and oxygen atoms in total. The molecule has 0 N–H and O–H groups in total. The molecular weight excluding hydrogens is 440 g/mol. The molecule has 0 saturated heterocycles. The number of nitrogens with zero attached hydrogens (tertiary/aromatic N) is 2. The zero-order valence-corrected chi connectivity index (χ0v) is 19.5. The fourth-order valence-electron chi connectivity index (χ4n) is 3.69. The zero-order valence-electron chi connectivity index (χ0n) is 18.7. The fraction of sp³-hybridized carbons (Fsp3) is 0.240. The number of benzene rings is 3. The Bertz CT molecular complexity index is 1400. The average molecular weight is 465 g/mol. The van der Waals surface area contributed by atoms with E-state index in [0.29, 0.717) is 41.4 Å². The van der Waals surface area contributed by atoms with Crippen molar-refractivity contribution in [2.75, 3.05) is 27.4 Å². The largest absolute Gasteiger partial charge is 0.493 e. The van der Waals surface area contributed by atoms with E-state index in [2.05, 4.69) is 4.99 Å². The molecule has 3 aromatic carbocycles. The minimum Gasteiger partial charge on any atom is -0.493 e. The number of amides is 1. The van der Waals surface area contributed by atoms with Gasteiger partial charge < -0.3 is 18.8 Å². The van der Waals surface area contributed by atoms with Gasteiger partial charge in [0.2, 0.25) is 0 Å². The molecule has 8 heteroatoms. The molecule has 1 heterocycles. The summed E-state index contributed by atoms with van der Waals surface area (Å²) in [5, 5.41) is 1.72. The van der Waals surface area contributed by atoms with Gasteiger partial charge in [0.15, 0.2) is 4.80 Å². The van der Waals surface area contributed by atoms with Crippen LogP contribution in [0.4, 0.5) is 0 Å². The summed E-state index contributed by atoms with van der Waals surface area (Å²) in [6.45, 7) is 3.27. The van der Waals surface area contributed by atoms with Crippen LogP contribution in [0.25, 0.3) is 21.0 Å². The molecule has 0 atom stereocenters. The molecule has 0 aliphatic rings. The van der Waals surface area contributed by atoms with E-state index in [1.165, 1.54) is 18.4 Å². The topological polar surface area (TPSA) is 79.1 Å². The smallest absolute Gasteiger partial charge is 0.337 e. The maximum absolute atomic E-state index is 13.5. The Kier molecular flexibility index (Phi) is 6.86. The van der Waals surface area contributed by atoms with Gasteiger partial charge in [-0.25, -0.2) is 4.79 Å². The molecule has 0 saturated carbocycles. The van der Waals surface area contributed by atoms with E-state index >= 15 is 0 Å². The van der Waals surface area contributed by atoms with Crippen LogP contribution in [0.2, 0.25) is 0 Å².